The van der Waals surface area contributed by atoms with Crippen LogP contribution in [0.4, 0.5) is 14.5 Å². The molecule has 3 N–H and O–H groups in total. The minimum atomic E-state index is -0.579. The summed E-state index contributed by atoms with van der Waals surface area (Å²) in [6.45, 7) is 5.49. The Balaban J connectivity index is 1.61. The molecule has 0 spiro atoms. The van der Waals surface area contributed by atoms with Gasteiger partial charge in [-0.3, -0.25) is 9.59 Å². The van der Waals surface area contributed by atoms with Crippen molar-refractivity contribution >= 4 is 34.5 Å². The van der Waals surface area contributed by atoms with Crippen LogP contribution >= 0.6 is 0 Å². The lowest BCUT2D eigenvalue weighted by Gasteiger charge is -2.06. The molecule has 0 fully saturated rings. The smallest absolute Gasteiger partial charge is 0.244 e. The summed E-state index contributed by atoms with van der Waals surface area (Å²) in [6.07, 6.45) is 3.36. The number of benzene rings is 2. The van der Waals surface area contributed by atoms with Crippen molar-refractivity contribution in [2.24, 2.45) is 0 Å². The summed E-state index contributed by atoms with van der Waals surface area (Å²) >= 11 is 0. The fourth-order valence-corrected chi connectivity index (χ4v) is 3.42. The Hall–Kier alpha value is -3.48. The van der Waals surface area contributed by atoms with Crippen LogP contribution in [0.1, 0.15) is 29.3 Å². The lowest BCUT2D eigenvalue weighted by atomic mass is 10.0. The first-order valence-electron chi connectivity index (χ1n) is 9.55. The van der Waals surface area contributed by atoms with Gasteiger partial charge in [0, 0.05) is 30.6 Å². The molecular formula is C23H23F2N3O2. The monoisotopic (exact) mass is 411 g/mol. The van der Waals surface area contributed by atoms with Gasteiger partial charge in [0.2, 0.25) is 11.8 Å². The van der Waals surface area contributed by atoms with Gasteiger partial charge in [0.1, 0.15) is 11.6 Å². The highest BCUT2D eigenvalue weighted by molar-refractivity contribution is 5.92. The second-order valence-electron chi connectivity index (χ2n) is 7.14. The second kappa shape index (κ2) is 8.90. The van der Waals surface area contributed by atoms with E-state index in [-0.39, 0.29) is 23.3 Å². The first kappa shape index (κ1) is 21.2. The quantitative estimate of drug-likeness (QED) is 0.526. The molecular weight excluding hydrogens is 388 g/mol. The third kappa shape index (κ3) is 4.74. The Labute approximate surface area is 173 Å². The molecule has 7 heteroatoms. The molecule has 0 unspecified atom stereocenters. The van der Waals surface area contributed by atoms with E-state index in [1.165, 1.54) is 37.3 Å². The van der Waals surface area contributed by atoms with Gasteiger partial charge in [0.05, 0.1) is 11.2 Å². The van der Waals surface area contributed by atoms with Crippen molar-refractivity contribution in [2.75, 3.05) is 11.9 Å². The maximum Gasteiger partial charge on any atom is 0.244 e. The van der Waals surface area contributed by atoms with E-state index in [0.29, 0.717) is 24.0 Å². The number of aryl methyl sites for hydroxylation is 2. The number of carbonyl (C=O) groups excluding carboxylic acids is 2. The van der Waals surface area contributed by atoms with E-state index in [0.717, 1.165) is 22.2 Å². The number of carbonyl (C=O) groups is 2. The molecule has 0 aliphatic rings. The first-order chi connectivity index (χ1) is 14.3. The molecule has 30 heavy (non-hydrogen) atoms. The van der Waals surface area contributed by atoms with Crippen LogP contribution in [0.2, 0.25) is 0 Å². The lowest BCUT2D eigenvalue weighted by molar-refractivity contribution is -0.116. The third-order valence-corrected chi connectivity index (χ3v) is 4.83. The van der Waals surface area contributed by atoms with Crippen molar-refractivity contribution in [3.63, 3.8) is 0 Å². The maximum atomic E-state index is 14.0. The number of rotatable bonds is 6. The van der Waals surface area contributed by atoms with Gasteiger partial charge >= 0.3 is 0 Å². The Kier molecular flexibility index (Phi) is 6.30. The van der Waals surface area contributed by atoms with Crippen molar-refractivity contribution < 1.29 is 18.4 Å². The zero-order valence-electron chi connectivity index (χ0n) is 17.0. The molecule has 2 aromatic carbocycles. The van der Waals surface area contributed by atoms with E-state index >= 15 is 0 Å². The molecule has 3 aromatic rings. The minimum absolute atomic E-state index is 0.0879. The average Bonchev–Trinajstić information content (AvgIpc) is 3.02. The van der Waals surface area contributed by atoms with Gasteiger partial charge in [-0.05, 0) is 61.2 Å². The molecule has 0 aliphatic carbocycles. The molecule has 1 heterocycles. The zero-order chi connectivity index (χ0) is 21.8. The van der Waals surface area contributed by atoms with Crippen molar-refractivity contribution in [1.82, 2.24) is 10.3 Å². The lowest BCUT2D eigenvalue weighted by Crippen LogP contribution is -2.23. The highest BCUT2D eigenvalue weighted by atomic mass is 19.1. The van der Waals surface area contributed by atoms with Gasteiger partial charge in [0.25, 0.3) is 0 Å². The van der Waals surface area contributed by atoms with Crippen LogP contribution in [-0.2, 0) is 16.0 Å². The number of H-pyrrole nitrogens is 1. The number of hydrogen-bond acceptors (Lipinski definition) is 2. The molecule has 3 rings (SSSR count). The van der Waals surface area contributed by atoms with E-state index in [2.05, 4.69) is 15.6 Å². The molecule has 0 saturated carbocycles. The predicted molar refractivity (Wildman–Crippen MR) is 114 cm³/mol. The highest BCUT2D eigenvalue weighted by Gasteiger charge is 2.13. The number of anilines is 1. The number of aromatic nitrogens is 1. The number of hydrogen-bond donors (Lipinski definition) is 3. The zero-order valence-corrected chi connectivity index (χ0v) is 17.0. The fourth-order valence-electron chi connectivity index (χ4n) is 3.42. The molecule has 0 radical (unpaired) electrons. The molecule has 0 atom stereocenters. The number of aromatic amines is 1. The van der Waals surface area contributed by atoms with Crippen molar-refractivity contribution in [3.8, 4) is 0 Å². The summed E-state index contributed by atoms with van der Waals surface area (Å²) in [4.78, 5) is 26.2. The Bertz CT molecular complexity index is 1150. The molecule has 2 amide bonds. The van der Waals surface area contributed by atoms with Gasteiger partial charge in [-0.1, -0.05) is 12.1 Å². The van der Waals surface area contributed by atoms with Gasteiger partial charge in [-0.15, -0.1) is 0 Å². The van der Waals surface area contributed by atoms with Crippen molar-refractivity contribution in [2.45, 2.75) is 27.2 Å². The van der Waals surface area contributed by atoms with Crippen LogP contribution in [0.5, 0.6) is 0 Å². The van der Waals surface area contributed by atoms with Crippen LogP contribution in [0.25, 0.3) is 17.0 Å². The maximum absolute atomic E-state index is 14.0. The normalized spacial score (nSPS) is 11.2. The molecule has 156 valence electrons. The van der Waals surface area contributed by atoms with Gasteiger partial charge < -0.3 is 15.6 Å². The Morgan fingerprint density at radius 1 is 1.10 bits per heavy atom. The number of fused-ring (bicyclic) bond motifs is 1. The van der Waals surface area contributed by atoms with E-state index in [9.17, 15) is 18.4 Å². The Morgan fingerprint density at radius 2 is 1.87 bits per heavy atom. The topological polar surface area (TPSA) is 74.0 Å². The van der Waals surface area contributed by atoms with E-state index in [4.69, 9.17) is 0 Å². The molecule has 0 bridgehead atoms. The largest absolute Gasteiger partial charge is 0.356 e. The van der Waals surface area contributed by atoms with Gasteiger partial charge in [-0.25, -0.2) is 8.78 Å². The summed E-state index contributed by atoms with van der Waals surface area (Å²) in [6, 6.07) is 7.46. The van der Waals surface area contributed by atoms with Crippen LogP contribution in [0.15, 0.2) is 36.4 Å². The van der Waals surface area contributed by atoms with Crippen molar-refractivity contribution in [3.05, 3.63) is 70.4 Å². The molecule has 5 nitrogen and oxygen atoms in total. The van der Waals surface area contributed by atoms with Crippen LogP contribution < -0.4 is 10.6 Å². The number of amides is 2. The van der Waals surface area contributed by atoms with Gasteiger partial charge in [0.15, 0.2) is 0 Å². The van der Waals surface area contributed by atoms with E-state index in [1.807, 2.05) is 13.8 Å². The SMILES string of the molecule is CC(=O)Nc1ccc(/C=C/C(=O)NCCc2c(C)[nH]c3c(F)ccc(C)c23)cc1F. The van der Waals surface area contributed by atoms with Crippen molar-refractivity contribution in [1.29, 1.82) is 0 Å². The standard InChI is InChI=1S/C23H23F2N3O2/c1-13-4-7-18(24)23-22(13)17(14(2)27-23)10-11-26-21(30)9-6-16-5-8-20(19(25)12-16)28-15(3)29/h4-9,12,27H,10-11H2,1-3H3,(H,26,30)(H,28,29)/b9-6+. The predicted octanol–water partition coefficient (Wildman–Crippen LogP) is 4.39. The number of halogens is 2. The fraction of sp³-hybridized carbons (Fsp3) is 0.217. The van der Waals surface area contributed by atoms with Crippen LogP contribution in [-0.4, -0.2) is 23.3 Å². The Morgan fingerprint density at radius 3 is 2.57 bits per heavy atom. The summed E-state index contributed by atoms with van der Waals surface area (Å²) in [5, 5.41) is 6.03. The van der Waals surface area contributed by atoms with Gasteiger partial charge in [-0.2, -0.15) is 0 Å². The summed E-state index contributed by atoms with van der Waals surface area (Å²) < 4.78 is 28.0. The molecule has 1 aromatic heterocycles. The number of nitrogens with one attached hydrogen (secondary N) is 3. The summed E-state index contributed by atoms with van der Waals surface area (Å²) in [5.41, 5.74) is 3.89. The molecule has 0 aliphatic heterocycles. The average molecular weight is 411 g/mol. The highest BCUT2D eigenvalue weighted by Crippen LogP contribution is 2.27. The van der Waals surface area contributed by atoms with E-state index in [1.54, 1.807) is 12.1 Å². The molecule has 0 saturated heterocycles. The third-order valence-electron chi connectivity index (χ3n) is 4.83. The summed E-state index contributed by atoms with van der Waals surface area (Å²) in [7, 11) is 0. The van der Waals surface area contributed by atoms with Crippen LogP contribution in [0.3, 0.4) is 0 Å². The first-order valence-corrected chi connectivity index (χ1v) is 9.55. The second-order valence-corrected chi connectivity index (χ2v) is 7.14. The van der Waals surface area contributed by atoms with Crippen LogP contribution in [0, 0.1) is 25.5 Å². The summed E-state index contributed by atoms with van der Waals surface area (Å²) in [5.74, 6) is -1.56. The minimum Gasteiger partial charge on any atom is -0.356 e. The van der Waals surface area contributed by atoms with E-state index < -0.39 is 5.82 Å².